The van der Waals surface area contributed by atoms with Gasteiger partial charge in [0.2, 0.25) is 11.6 Å². The fraction of sp³-hybridized carbons (Fsp3) is 0.0833. The molecule has 0 aliphatic carbocycles. The van der Waals surface area contributed by atoms with Gasteiger partial charge in [0.25, 0.3) is 5.89 Å². The first kappa shape index (κ1) is 20.0. The second-order valence-electron chi connectivity index (χ2n) is 7.17. The van der Waals surface area contributed by atoms with Crippen molar-refractivity contribution in [3.8, 4) is 17.2 Å². The van der Waals surface area contributed by atoms with E-state index in [0.717, 1.165) is 16.5 Å². The lowest BCUT2D eigenvalue weighted by Gasteiger charge is -2.06. The van der Waals surface area contributed by atoms with Crippen molar-refractivity contribution < 1.29 is 14.1 Å². The molecule has 0 spiro atoms. The molecule has 0 fully saturated rings. The van der Waals surface area contributed by atoms with Gasteiger partial charge in [0, 0.05) is 41.1 Å². The number of benzene rings is 2. The topological polar surface area (TPSA) is 83.0 Å². The van der Waals surface area contributed by atoms with E-state index in [-0.39, 0.29) is 17.5 Å². The van der Waals surface area contributed by atoms with Crippen molar-refractivity contribution in [3.63, 3.8) is 0 Å². The minimum absolute atomic E-state index is 0.0165. The summed E-state index contributed by atoms with van der Waals surface area (Å²) in [5.41, 5.74) is 3.05. The molecule has 7 nitrogen and oxygen atoms in total. The van der Waals surface area contributed by atoms with Crippen LogP contribution in [0.2, 0.25) is 5.02 Å². The minimum Gasteiger partial charge on any atom is -0.497 e. The van der Waals surface area contributed by atoms with Gasteiger partial charge in [-0.25, -0.2) is 0 Å². The quantitative estimate of drug-likeness (QED) is 0.342. The molecule has 0 unspecified atom stereocenters. The third-order valence-corrected chi connectivity index (χ3v) is 5.39. The van der Waals surface area contributed by atoms with E-state index >= 15 is 0 Å². The van der Waals surface area contributed by atoms with Crippen molar-refractivity contribution >= 4 is 28.3 Å². The highest BCUT2D eigenvalue weighted by molar-refractivity contribution is 6.30. The van der Waals surface area contributed by atoms with E-state index in [9.17, 15) is 4.79 Å². The second-order valence-corrected chi connectivity index (χ2v) is 7.61. The number of rotatable bonds is 6. The highest BCUT2D eigenvalue weighted by atomic mass is 35.5. The maximum absolute atomic E-state index is 13.3. The maximum atomic E-state index is 13.3. The monoisotopic (exact) mass is 444 g/mol. The van der Waals surface area contributed by atoms with E-state index in [1.54, 1.807) is 37.8 Å². The molecule has 0 saturated heterocycles. The Balaban J connectivity index is 1.56. The number of aromatic nitrogens is 4. The predicted molar refractivity (Wildman–Crippen MR) is 120 cm³/mol. The van der Waals surface area contributed by atoms with Crippen LogP contribution in [0, 0.1) is 0 Å². The molecule has 0 saturated carbocycles. The number of ketones is 1. The van der Waals surface area contributed by atoms with E-state index < -0.39 is 0 Å². The first-order valence-corrected chi connectivity index (χ1v) is 10.2. The lowest BCUT2D eigenvalue weighted by atomic mass is 10.1. The number of halogens is 1. The molecule has 32 heavy (non-hydrogen) atoms. The molecule has 158 valence electrons. The van der Waals surface area contributed by atoms with Crippen LogP contribution in [-0.2, 0) is 6.54 Å². The smallest absolute Gasteiger partial charge is 0.259 e. The summed E-state index contributed by atoms with van der Waals surface area (Å²) >= 11 is 6.01. The molecular weight excluding hydrogens is 428 g/mol. The van der Waals surface area contributed by atoms with Gasteiger partial charge < -0.3 is 13.8 Å². The summed E-state index contributed by atoms with van der Waals surface area (Å²) in [4.78, 5) is 21.7. The number of carbonyl (C=O) groups is 1. The number of pyridine rings is 1. The van der Waals surface area contributed by atoms with Crippen LogP contribution in [0.4, 0.5) is 0 Å². The summed E-state index contributed by atoms with van der Waals surface area (Å²) < 4.78 is 12.7. The normalized spacial score (nSPS) is 11.1. The lowest BCUT2D eigenvalue weighted by Crippen LogP contribution is -2.03. The molecule has 3 aromatic heterocycles. The van der Waals surface area contributed by atoms with E-state index in [1.165, 1.54) is 0 Å². The van der Waals surface area contributed by atoms with Gasteiger partial charge in [0.05, 0.1) is 18.2 Å². The third-order valence-electron chi connectivity index (χ3n) is 5.14. The fourth-order valence-electron chi connectivity index (χ4n) is 3.54. The highest BCUT2D eigenvalue weighted by Gasteiger charge is 2.22. The summed E-state index contributed by atoms with van der Waals surface area (Å²) in [5, 5.41) is 5.32. The van der Waals surface area contributed by atoms with Gasteiger partial charge in [-0.15, -0.1) is 0 Å². The van der Waals surface area contributed by atoms with Gasteiger partial charge >= 0.3 is 0 Å². The van der Waals surface area contributed by atoms with Crippen LogP contribution in [0.5, 0.6) is 5.75 Å². The zero-order chi connectivity index (χ0) is 22.1. The molecule has 0 N–H and O–H groups in total. The summed E-state index contributed by atoms with van der Waals surface area (Å²) in [5.74, 6) is 0.540. The molecule has 0 radical (unpaired) electrons. The predicted octanol–water partition coefficient (Wildman–Crippen LogP) is 5.03. The van der Waals surface area contributed by atoms with E-state index in [1.807, 2.05) is 47.0 Å². The van der Waals surface area contributed by atoms with Gasteiger partial charge in [-0.2, -0.15) is 4.98 Å². The minimum atomic E-state index is -0.336. The molecule has 0 atom stereocenters. The number of hydrogen-bond acceptors (Lipinski definition) is 6. The van der Waals surface area contributed by atoms with Crippen molar-refractivity contribution in [1.29, 1.82) is 0 Å². The molecular formula is C24H17ClN4O3. The second kappa shape index (κ2) is 8.28. The Morgan fingerprint density at radius 1 is 1.16 bits per heavy atom. The number of nitrogens with zero attached hydrogens (tertiary/aromatic N) is 4. The number of methoxy groups -OCH3 is 1. The van der Waals surface area contributed by atoms with Gasteiger partial charge in [0.1, 0.15) is 5.75 Å². The molecule has 5 aromatic rings. The lowest BCUT2D eigenvalue weighted by molar-refractivity contribution is 0.102. The van der Waals surface area contributed by atoms with Crippen molar-refractivity contribution in [3.05, 3.63) is 95.2 Å². The average molecular weight is 445 g/mol. The fourth-order valence-corrected chi connectivity index (χ4v) is 3.67. The number of fused-ring (bicyclic) bond motifs is 1. The number of ether oxygens (including phenoxy) is 1. The molecule has 8 heteroatoms. The Morgan fingerprint density at radius 3 is 2.75 bits per heavy atom. The Labute approximate surface area is 188 Å². The molecule has 2 aromatic carbocycles. The maximum Gasteiger partial charge on any atom is 0.259 e. The van der Waals surface area contributed by atoms with Gasteiger partial charge in [-0.3, -0.25) is 9.78 Å². The molecule has 5 rings (SSSR count). The SMILES string of the molecule is COc1ccc2c(c1)c(C(=O)c1noc(-c3cccnc3)n1)cn2Cc1ccc(Cl)cc1. The van der Waals surface area contributed by atoms with Crippen LogP contribution in [0.1, 0.15) is 21.7 Å². The van der Waals surface area contributed by atoms with Gasteiger partial charge in [-0.1, -0.05) is 28.9 Å². The van der Waals surface area contributed by atoms with Crippen LogP contribution in [0.3, 0.4) is 0 Å². The Morgan fingerprint density at radius 2 is 2.00 bits per heavy atom. The summed E-state index contributed by atoms with van der Waals surface area (Å²) in [7, 11) is 1.59. The van der Waals surface area contributed by atoms with E-state index in [0.29, 0.717) is 28.4 Å². The molecule has 3 heterocycles. The van der Waals surface area contributed by atoms with E-state index in [2.05, 4.69) is 15.1 Å². The Bertz CT molecular complexity index is 1410. The summed E-state index contributed by atoms with van der Waals surface area (Å²) in [6, 6.07) is 16.8. The first-order chi connectivity index (χ1) is 15.6. The van der Waals surface area contributed by atoms with Crippen LogP contribution in [0.25, 0.3) is 22.4 Å². The zero-order valence-corrected chi connectivity index (χ0v) is 17.8. The first-order valence-electron chi connectivity index (χ1n) is 9.82. The van der Waals surface area contributed by atoms with Crippen LogP contribution in [0.15, 0.2) is 77.7 Å². The van der Waals surface area contributed by atoms with Crippen molar-refractivity contribution in [2.24, 2.45) is 0 Å². The summed E-state index contributed by atoms with van der Waals surface area (Å²) in [6.07, 6.45) is 5.06. The third kappa shape index (κ3) is 3.74. The van der Waals surface area contributed by atoms with Crippen LogP contribution < -0.4 is 4.74 Å². The summed E-state index contributed by atoms with van der Waals surface area (Å²) in [6.45, 7) is 0.570. The van der Waals surface area contributed by atoms with Crippen LogP contribution >= 0.6 is 11.6 Å². The van der Waals surface area contributed by atoms with Crippen molar-refractivity contribution in [2.45, 2.75) is 6.54 Å². The van der Waals surface area contributed by atoms with Crippen LogP contribution in [-0.4, -0.2) is 32.6 Å². The zero-order valence-electron chi connectivity index (χ0n) is 17.0. The molecule has 0 aliphatic rings. The number of hydrogen-bond donors (Lipinski definition) is 0. The van der Waals surface area contributed by atoms with Gasteiger partial charge in [0.15, 0.2) is 0 Å². The van der Waals surface area contributed by atoms with E-state index in [4.69, 9.17) is 20.9 Å². The molecule has 0 aliphatic heterocycles. The highest BCUT2D eigenvalue weighted by Crippen LogP contribution is 2.29. The van der Waals surface area contributed by atoms with Gasteiger partial charge in [-0.05, 0) is 48.0 Å². The number of carbonyl (C=O) groups excluding carboxylic acids is 1. The molecule has 0 amide bonds. The standard InChI is InChI=1S/C24H17ClN4O3/c1-31-18-8-9-21-19(11-18)20(14-29(21)13-15-4-6-17(25)7-5-15)22(30)23-27-24(32-28-23)16-3-2-10-26-12-16/h2-12,14H,13H2,1H3. The Kier molecular flexibility index (Phi) is 5.17. The Hall–Kier alpha value is -3.97. The van der Waals surface area contributed by atoms with Crippen molar-refractivity contribution in [2.75, 3.05) is 7.11 Å². The average Bonchev–Trinajstić information content (AvgIpc) is 3.46. The largest absolute Gasteiger partial charge is 0.497 e. The van der Waals surface area contributed by atoms with Crippen molar-refractivity contribution in [1.82, 2.24) is 19.7 Å². The molecule has 0 bridgehead atoms.